The third-order valence-corrected chi connectivity index (χ3v) is 3.72. The Labute approximate surface area is 113 Å². The zero-order chi connectivity index (χ0) is 14.8. The summed E-state index contributed by atoms with van der Waals surface area (Å²) in [4.78, 5) is 9.99. The monoisotopic (exact) mass is 299 g/mol. The van der Waals surface area contributed by atoms with E-state index in [9.17, 15) is 17.6 Å². The molecule has 0 radical (unpaired) electrons. The quantitative estimate of drug-likeness (QED) is 0.854. The zero-order valence-electron chi connectivity index (χ0n) is 10.0. The number of nitrogens with zero attached hydrogens (tertiary/aromatic N) is 2. The van der Waals surface area contributed by atoms with Gasteiger partial charge >= 0.3 is 5.97 Å². The van der Waals surface area contributed by atoms with Gasteiger partial charge in [0.1, 0.15) is 17.3 Å². The molecule has 1 aromatic carbocycles. The first kappa shape index (κ1) is 14.0. The molecule has 0 aliphatic rings. The molecule has 0 amide bonds. The van der Waals surface area contributed by atoms with Crippen LogP contribution in [-0.2, 0) is 21.4 Å². The third-order valence-electron chi connectivity index (χ3n) is 2.31. The second-order valence-electron chi connectivity index (χ2n) is 3.86. The predicted molar refractivity (Wildman–Crippen MR) is 67.1 cm³/mol. The average Bonchev–Trinajstić information content (AvgIpc) is 2.75. The molecule has 0 unspecified atom stereocenters. The maximum atomic E-state index is 13.4. The maximum absolute atomic E-state index is 13.4. The van der Waals surface area contributed by atoms with Crippen LogP contribution in [0.3, 0.4) is 0 Å². The normalized spacial score (nSPS) is 11.2. The maximum Gasteiger partial charge on any atom is 0.325 e. The zero-order valence-corrected chi connectivity index (χ0v) is 10.8. The van der Waals surface area contributed by atoms with E-state index in [4.69, 9.17) is 5.11 Å². The molecule has 2 N–H and O–H groups in total. The van der Waals surface area contributed by atoms with E-state index in [0.29, 0.717) is 0 Å². The Morgan fingerprint density at radius 3 is 2.75 bits per heavy atom. The minimum absolute atomic E-state index is 0.0505. The number of carbonyl (C=O) groups is 1. The van der Waals surface area contributed by atoms with Crippen LogP contribution in [-0.4, -0.2) is 29.3 Å². The summed E-state index contributed by atoms with van der Waals surface area (Å²) >= 11 is 0. The summed E-state index contributed by atoms with van der Waals surface area (Å²) in [5.41, 5.74) is 0.0505. The number of rotatable bonds is 5. The van der Waals surface area contributed by atoms with Crippen molar-refractivity contribution < 1.29 is 22.7 Å². The van der Waals surface area contributed by atoms with Gasteiger partial charge in [-0.3, -0.25) is 14.2 Å². The van der Waals surface area contributed by atoms with Crippen LogP contribution in [0.1, 0.15) is 0 Å². The molecule has 7 nitrogen and oxygen atoms in total. The molecule has 0 saturated carbocycles. The van der Waals surface area contributed by atoms with Crippen LogP contribution < -0.4 is 4.72 Å². The SMILES string of the molecule is O=C(O)Cn1cc(NS(=O)(=O)c2ccccc2F)cn1. The van der Waals surface area contributed by atoms with Gasteiger partial charge in [0.15, 0.2) is 0 Å². The molecule has 2 rings (SSSR count). The summed E-state index contributed by atoms with van der Waals surface area (Å²) in [7, 11) is -4.08. The molecule has 9 heteroatoms. The fourth-order valence-electron chi connectivity index (χ4n) is 1.51. The number of aromatic nitrogens is 2. The van der Waals surface area contributed by atoms with Crippen LogP contribution in [0.2, 0.25) is 0 Å². The number of nitrogens with one attached hydrogen (secondary N) is 1. The standard InChI is InChI=1S/C11H10FN3O4S/c12-9-3-1-2-4-10(9)20(18,19)14-8-5-13-15(6-8)7-11(16)17/h1-6,14H,7H2,(H,16,17). The Bertz CT molecular complexity index is 742. The van der Waals surface area contributed by atoms with Crippen LogP contribution in [0, 0.1) is 5.82 Å². The predicted octanol–water partition coefficient (Wildman–Crippen LogP) is 0.908. The van der Waals surface area contributed by atoms with Crippen LogP contribution in [0.5, 0.6) is 0 Å². The third kappa shape index (κ3) is 3.12. The molecule has 1 aromatic heterocycles. The molecule has 2 aromatic rings. The van der Waals surface area contributed by atoms with E-state index in [1.54, 1.807) is 0 Å². The van der Waals surface area contributed by atoms with E-state index in [1.807, 2.05) is 0 Å². The average molecular weight is 299 g/mol. The molecule has 0 spiro atoms. The Kier molecular flexibility index (Phi) is 3.70. The molecule has 1 heterocycles. The topological polar surface area (TPSA) is 101 Å². The minimum Gasteiger partial charge on any atom is -0.480 e. The van der Waals surface area contributed by atoms with Crippen LogP contribution in [0.25, 0.3) is 0 Å². The number of benzene rings is 1. The fourth-order valence-corrected chi connectivity index (χ4v) is 2.62. The molecule has 0 aliphatic heterocycles. The molecule has 0 saturated heterocycles. The van der Waals surface area contributed by atoms with E-state index < -0.39 is 33.3 Å². The van der Waals surface area contributed by atoms with Crippen molar-refractivity contribution in [2.75, 3.05) is 4.72 Å². The lowest BCUT2D eigenvalue weighted by Gasteiger charge is -2.06. The number of halogens is 1. The summed E-state index contributed by atoms with van der Waals surface area (Å²) in [6, 6.07) is 4.92. The van der Waals surface area contributed by atoms with Gasteiger partial charge in [0.25, 0.3) is 10.0 Å². The molecule has 20 heavy (non-hydrogen) atoms. The highest BCUT2D eigenvalue weighted by Crippen LogP contribution is 2.17. The van der Waals surface area contributed by atoms with Crippen molar-refractivity contribution in [1.29, 1.82) is 0 Å². The van der Waals surface area contributed by atoms with E-state index in [1.165, 1.54) is 18.3 Å². The number of hydrogen-bond acceptors (Lipinski definition) is 4. The second kappa shape index (κ2) is 5.29. The first-order chi connectivity index (χ1) is 9.38. The molecule has 0 atom stereocenters. The summed E-state index contributed by atoms with van der Waals surface area (Å²) in [6.45, 7) is -0.401. The number of sulfonamides is 1. The summed E-state index contributed by atoms with van der Waals surface area (Å²) in [6.07, 6.45) is 2.34. The highest BCUT2D eigenvalue weighted by Gasteiger charge is 2.19. The molecular weight excluding hydrogens is 289 g/mol. The largest absolute Gasteiger partial charge is 0.480 e. The Morgan fingerprint density at radius 2 is 2.10 bits per heavy atom. The van der Waals surface area contributed by atoms with Gasteiger partial charge in [0, 0.05) is 6.20 Å². The van der Waals surface area contributed by atoms with Gasteiger partial charge in [-0.25, -0.2) is 12.8 Å². The number of carboxylic acid groups (broad SMARTS) is 1. The lowest BCUT2D eigenvalue weighted by atomic mass is 10.4. The smallest absolute Gasteiger partial charge is 0.325 e. The number of anilines is 1. The molecule has 0 fully saturated rings. The Morgan fingerprint density at radius 1 is 1.40 bits per heavy atom. The van der Waals surface area contributed by atoms with Crippen molar-refractivity contribution >= 4 is 21.7 Å². The Balaban J connectivity index is 2.23. The number of carboxylic acids is 1. The molecular formula is C11H10FN3O4S. The lowest BCUT2D eigenvalue weighted by molar-refractivity contribution is -0.137. The first-order valence-corrected chi connectivity index (χ1v) is 6.88. The molecule has 106 valence electrons. The fraction of sp³-hybridized carbons (Fsp3) is 0.0909. The van der Waals surface area contributed by atoms with Gasteiger partial charge in [0.05, 0.1) is 11.9 Å². The summed E-state index contributed by atoms with van der Waals surface area (Å²) < 4.78 is 40.5. The van der Waals surface area contributed by atoms with Gasteiger partial charge in [-0.05, 0) is 12.1 Å². The van der Waals surface area contributed by atoms with Crippen LogP contribution >= 0.6 is 0 Å². The highest BCUT2D eigenvalue weighted by molar-refractivity contribution is 7.92. The van der Waals surface area contributed by atoms with Crippen molar-refractivity contribution in [2.24, 2.45) is 0 Å². The molecule has 0 aliphatic carbocycles. The van der Waals surface area contributed by atoms with E-state index in [0.717, 1.165) is 23.0 Å². The summed E-state index contributed by atoms with van der Waals surface area (Å²) in [5, 5.41) is 12.2. The van der Waals surface area contributed by atoms with Crippen molar-refractivity contribution in [3.8, 4) is 0 Å². The van der Waals surface area contributed by atoms with Crippen molar-refractivity contribution in [3.63, 3.8) is 0 Å². The van der Waals surface area contributed by atoms with Crippen molar-refractivity contribution in [3.05, 3.63) is 42.5 Å². The van der Waals surface area contributed by atoms with Gasteiger partial charge in [-0.1, -0.05) is 12.1 Å². The van der Waals surface area contributed by atoms with E-state index in [2.05, 4.69) is 9.82 Å². The van der Waals surface area contributed by atoms with Gasteiger partial charge in [-0.2, -0.15) is 5.10 Å². The molecule has 0 bridgehead atoms. The van der Waals surface area contributed by atoms with Gasteiger partial charge in [-0.15, -0.1) is 0 Å². The van der Waals surface area contributed by atoms with Crippen LogP contribution in [0.4, 0.5) is 10.1 Å². The summed E-state index contributed by atoms with van der Waals surface area (Å²) in [5.74, 6) is -1.99. The minimum atomic E-state index is -4.08. The van der Waals surface area contributed by atoms with Gasteiger partial charge in [0.2, 0.25) is 0 Å². The van der Waals surface area contributed by atoms with E-state index >= 15 is 0 Å². The van der Waals surface area contributed by atoms with Gasteiger partial charge < -0.3 is 5.11 Å². The highest BCUT2D eigenvalue weighted by atomic mass is 32.2. The number of hydrogen-bond donors (Lipinski definition) is 2. The first-order valence-electron chi connectivity index (χ1n) is 5.40. The van der Waals surface area contributed by atoms with Crippen molar-refractivity contribution in [2.45, 2.75) is 11.4 Å². The van der Waals surface area contributed by atoms with Crippen LogP contribution in [0.15, 0.2) is 41.6 Å². The number of aliphatic carboxylic acids is 1. The van der Waals surface area contributed by atoms with E-state index in [-0.39, 0.29) is 5.69 Å². The van der Waals surface area contributed by atoms with Crippen molar-refractivity contribution in [1.82, 2.24) is 9.78 Å². The lowest BCUT2D eigenvalue weighted by Crippen LogP contribution is -2.14. The Hall–Kier alpha value is -2.42. The second-order valence-corrected chi connectivity index (χ2v) is 5.51.